The maximum atomic E-state index is 13.8. The lowest BCUT2D eigenvalue weighted by Gasteiger charge is -2.06. The van der Waals surface area contributed by atoms with E-state index in [2.05, 4.69) is 0 Å². The van der Waals surface area contributed by atoms with Crippen LogP contribution in [0.1, 0.15) is 4.88 Å². The quantitative estimate of drug-likeness (QED) is 0.715. The van der Waals surface area contributed by atoms with Gasteiger partial charge in [0.1, 0.15) is 10.9 Å². The summed E-state index contributed by atoms with van der Waals surface area (Å²) in [4.78, 5) is 0.419. The predicted molar refractivity (Wildman–Crippen MR) is 86.1 cm³/mol. The summed E-state index contributed by atoms with van der Waals surface area (Å²) in [6, 6.07) is 12.4. The Morgan fingerprint density at radius 2 is 1.96 bits per heavy atom. The first-order valence-electron chi connectivity index (χ1n) is 6.49. The van der Waals surface area contributed by atoms with Gasteiger partial charge in [0.15, 0.2) is 27.2 Å². The molecule has 0 radical (unpaired) electrons. The second kappa shape index (κ2) is 5.65. The van der Waals surface area contributed by atoms with Gasteiger partial charge in [-0.3, -0.25) is 0 Å². The van der Waals surface area contributed by atoms with Crippen molar-refractivity contribution in [2.75, 3.05) is 6.26 Å². The van der Waals surface area contributed by atoms with E-state index in [-0.39, 0.29) is 21.3 Å². The second-order valence-electron chi connectivity index (χ2n) is 4.83. The Balaban J connectivity index is 2.17. The van der Waals surface area contributed by atoms with Crippen LogP contribution in [0, 0.1) is 17.1 Å². The Kier molecular flexibility index (Phi) is 3.80. The molecule has 0 aliphatic carbocycles. The van der Waals surface area contributed by atoms with Gasteiger partial charge in [-0.2, -0.15) is 5.26 Å². The number of halogens is 1. The van der Waals surface area contributed by atoms with Crippen molar-refractivity contribution < 1.29 is 17.5 Å². The molecule has 1 heterocycles. The van der Waals surface area contributed by atoms with Crippen molar-refractivity contribution in [1.82, 2.24) is 0 Å². The Hall–Kier alpha value is -2.43. The summed E-state index contributed by atoms with van der Waals surface area (Å²) in [5.41, 5.74) is 0. The summed E-state index contributed by atoms with van der Waals surface area (Å²) in [6.07, 6.45) is 1.11. The number of benzene rings is 2. The Bertz CT molecular complexity index is 1050. The van der Waals surface area contributed by atoms with Gasteiger partial charge in [-0.15, -0.1) is 11.3 Å². The number of nitrogens with zero attached hydrogens (tertiary/aromatic N) is 1. The molecule has 0 saturated heterocycles. The van der Waals surface area contributed by atoms with E-state index in [1.807, 2.05) is 6.07 Å². The number of hydrogen-bond donors (Lipinski definition) is 0. The lowest BCUT2D eigenvalue weighted by atomic mass is 10.2. The normalized spacial score (nSPS) is 11.3. The summed E-state index contributed by atoms with van der Waals surface area (Å²) < 4.78 is 43.2. The number of thiophene rings is 1. The lowest BCUT2D eigenvalue weighted by Crippen LogP contribution is -1.95. The number of ether oxygens (including phenoxy) is 1. The molecule has 0 amide bonds. The van der Waals surface area contributed by atoms with Crippen LogP contribution in [0.5, 0.6) is 11.5 Å². The fraction of sp³-hybridized carbons (Fsp3) is 0.0625. The Labute approximate surface area is 136 Å². The lowest BCUT2D eigenvalue weighted by molar-refractivity contribution is 0.447. The van der Waals surface area contributed by atoms with Gasteiger partial charge in [0.25, 0.3) is 0 Å². The Morgan fingerprint density at radius 1 is 1.22 bits per heavy atom. The third kappa shape index (κ3) is 2.91. The highest BCUT2D eigenvalue weighted by molar-refractivity contribution is 7.90. The maximum Gasteiger partial charge on any atom is 0.175 e. The van der Waals surface area contributed by atoms with Gasteiger partial charge < -0.3 is 4.74 Å². The second-order valence-corrected chi connectivity index (χ2v) is 7.90. The molecule has 116 valence electrons. The standard InChI is InChI=1S/C16H10FNO3S2/c1-23(19,20)10-6-7-11-14(8-10)22-15(9-18)16(11)21-13-5-3-2-4-12(13)17/h2-8H,1H3. The summed E-state index contributed by atoms with van der Waals surface area (Å²) >= 11 is 1.11. The minimum Gasteiger partial charge on any atom is -0.451 e. The van der Waals surface area contributed by atoms with Crippen LogP contribution in [0.15, 0.2) is 47.4 Å². The van der Waals surface area contributed by atoms with Gasteiger partial charge in [0, 0.05) is 16.3 Å². The molecule has 0 bridgehead atoms. The van der Waals surface area contributed by atoms with E-state index in [1.165, 1.54) is 30.3 Å². The molecule has 4 nitrogen and oxygen atoms in total. The molecule has 23 heavy (non-hydrogen) atoms. The first kappa shape index (κ1) is 15.5. The first-order valence-corrected chi connectivity index (χ1v) is 9.20. The summed E-state index contributed by atoms with van der Waals surface area (Å²) in [6.45, 7) is 0. The van der Waals surface area contributed by atoms with Crippen LogP contribution in [0.25, 0.3) is 10.1 Å². The van der Waals surface area contributed by atoms with Crippen molar-refractivity contribution in [3.8, 4) is 17.6 Å². The molecule has 7 heteroatoms. The molecule has 3 rings (SSSR count). The monoisotopic (exact) mass is 347 g/mol. The van der Waals surface area contributed by atoms with Crippen molar-refractivity contribution in [1.29, 1.82) is 5.26 Å². The van der Waals surface area contributed by atoms with Gasteiger partial charge in [0.05, 0.1) is 4.90 Å². The molecule has 0 aliphatic rings. The molecule has 0 unspecified atom stereocenters. The summed E-state index contributed by atoms with van der Waals surface area (Å²) in [5, 5.41) is 9.84. The fourth-order valence-electron chi connectivity index (χ4n) is 2.10. The van der Waals surface area contributed by atoms with Crippen LogP contribution >= 0.6 is 11.3 Å². The molecular formula is C16H10FNO3S2. The van der Waals surface area contributed by atoms with E-state index in [4.69, 9.17) is 4.74 Å². The fourth-order valence-corrected chi connectivity index (χ4v) is 3.78. The van der Waals surface area contributed by atoms with Gasteiger partial charge in [-0.25, -0.2) is 12.8 Å². The van der Waals surface area contributed by atoms with Gasteiger partial charge in [-0.1, -0.05) is 12.1 Å². The molecule has 0 aliphatic heterocycles. The molecule has 1 aromatic heterocycles. The van der Waals surface area contributed by atoms with Crippen LogP contribution < -0.4 is 4.74 Å². The molecule has 0 saturated carbocycles. The average Bonchev–Trinajstić information content (AvgIpc) is 2.86. The third-order valence-corrected chi connectivity index (χ3v) is 5.34. The number of para-hydroxylation sites is 1. The highest BCUT2D eigenvalue weighted by atomic mass is 32.2. The molecule has 0 atom stereocenters. The zero-order valence-corrected chi connectivity index (χ0v) is 13.5. The molecule has 3 aromatic rings. The highest BCUT2D eigenvalue weighted by Gasteiger charge is 2.18. The van der Waals surface area contributed by atoms with Crippen LogP contribution in [-0.2, 0) is 9.84 Å². The van der Waals surface area contributed by atoms with Crippen molar-refractivity contribution in [3.63, 3.8) is 0 Å². The van der Waals surface area contributed by atoms with E-state index in [0.717, 1.165) is 17.6 Å². The summed E-state index contributed by atoms with van der Waals surface area (Å²) in [7, 11) is -3.35. The largest absolute Gasteiger partial charge is 0.451 e. The van der Waals surface area contributed by atoms with Crippen LogP contribution in [0.3, 0.4) is 0 Å². The van der Waals surface area contributed by atoms with E-state index in [0.29, 0.717) is 10.1 Å². The molecule has 2 aromatic carbocycles. The van der Waals surface area contributed by atoms with E-state index in [9.17, 15) is 18.1 Å². The molecule has 0 fully saturated rings. The minimum atomic E-state index is -3.35. The molecule has 0 N–H and O–H groups in total. The topological polar surface area (TPSA) is 67.2 Å². The summed E-state index contributed by atoms with van der Waals surface area (Å²) in [5.74, 6) is -0.294. The molecular weight excluding hydrogens is 337 g/mol. The predicted octanol–water partition coefficient (Wildman–Crippen LogP) is 4.11. The number of fused-ring (bicyclic) bond motifs is 1. The van der Waals surface area contributed by atoms with Crippen LogP contribution in [-0.4, -0.2) is 14.7 Å². The van der Waals surface area contributed by atoms with Crippen LogP contribution in [0.2, 0.25) is 0 Å². The Morgan fingerprint density at radius 3 is 2.61 bits per heavy atom. The SMILES string of the molecule is CS(=O)(=O)c1ccc2c(Oc3ccccc3F)c(C#N)sc2c1. The highest BCUT2D eigenvalue weighted by Crippen LogP contribution is 2.41. The van der Waals surface area contributed by atoms with Crippen LogP contribution in [0.4, 0.5) is 4.39 Å². The van der Waals surface area contributed by atoms with E-state index in [1.54, 1.807) is 12.1 Å². The van der Waals surface area contributed by atoms with Gasteiger partial charge >= 0.3 is 0 Å². The zero-order chi connectivity index (χ0) is 16.6. The molecule has 0 spiro atoms. The van der Waals surface area contributed by atoms with Crippen molar-refractivity contribution in [2.45, 2.75) is 4.90 Å². The maximum absolute atomic E-state index is 13.8. The number of nitriles is 1. The van der Waals surface area contributed by atoms with Gasteiger partial charge in [0.2, 0.25) is 0 Å². The number of rotatable bonds is 3. The van der Waals surface area contributed by atoms with Gasteiger partial charge in [-0.05, 0) is 30.3 Å². The minimum absolute atomic E-state index is 0.0101. The smallest absolute Gasteiger partial charge is 0.175 e. The average molecular weight is 347 g/mol. The number of sulfone groups is 1. The zero-order valence-electron chi connectivity index (χ0n) is 11.9. The van der Waals surface area contributed by atoms with Crippen molar-refractivity contribution in [2.24, 2.45) is 0 Å². The third-order valence-electron chi connectivity index (χ3n) is 3.19. The first-order chi connectivity index (χ1) is 10.9. The van der Waals surface area contributed by atoms with Crippen molar-refractivity contribution in [3.05, 3.63) is 53.2 Å². The number of hydrogen-bond acceptors (Lipinski definition) is 5. The van der Waals surface area contributed by atoms with E-state index < -0.39 is 15.7 Å². The van der Waals surface area contributed by atoms with Crippen molar-refractivity contribution >= 4 is 31.3 Å². The van der Waals surface area contributed by atoms with E-state index >= 15 is 0 Å².